The van der Waals surface area contributed by atoms with Crippen molar-refractivity contribution in [3.8, 4) is 16.9 Å². The van der Waals surface area contributed by atoms with Crippen molar-refractivity contribution in [3.05, 3.63) is 53.6 Å². The number of hydrogen-bond donors (Lipinski definition) is 0. The van der Waals surface area contributed by atoms with E-state index in [4.69, 9.17) is 4.74 Å². The van der Waals surface area contributed by atoms with Gasteiger partial charge in [0.05, 0.1) is 0 Å². The maximum atomic E-state index is 12.4. The number of nitrogens with zero attached hydrogens (tertiary/aromatic N) is 1. The molecule has 134 valence electrons. The molecule has 0 saturated heterocycles. The molecule has 0 aromatic heterocycles. The van der Waals surface area contributed by atoms with E-state index in [9.17, 15) is 4.79 Å². The molecule has 0 heterocycles. The molecule has 3 nitrogen and oxygen atoms in total. The average molecular weight is 339 g/mol. The molecular weight excluding hydrogens is 310 g/mol. The zero-order valence-corrected chi connectivity index (χ0v) is 16.2. The number of ether oxygens (including phenoxy) is 1. The Balaban J connectivity index is 2.53. The van der Waals surface area contributed by atoms with Gasteiger partial charge in [0.15, 0.2) is 0 Å². The van der Waals surface area contributed by atoms with Crippen LogP contribution in [0.2, 0.25) is 0 Å². The summed E-state index contributed by atoms with van der Waals surface area (Å²) in [4.78, 5) is 14.1. The van der Waals surface area contributed by atoms with Gasteiger partial charge in [0.1, 0.15) is 5.75 Å². The van der Waals surface area contributed by atoms with Crippen LogP contribution in [0.4, 0.5) is 4.79 Å². The number of benzene rings is 2. The molecule has 3 heteroatoms. The normalized spacial score (nSPS) is 11.3. The van der Waals surface area contributed by atoms with Gasteiger partial charge < -0.3 is 9.64 Å². The second-order valence-electron chi connectivity index (χ2n) is 7.32. The van der Waals surface area contributed by atoms with E-state index in [-0.39, 0.29) is 11.5 Å². The van der Waals surface area contributed by atoms with Crippen LogP contribution in [-0.2, 0) is 5.41 Å². The third kappa shape index (κ3) is 4.41. The van der Waals surface area contributed by atoms with Crippen LogP contribution in [0.1, 0.15) is 45.7 Å². The van der Waals surface area contributed by atoms with Gasteiger partial charge in [0, 0.05) is 18.7 Å². The second kappa shape index (κ2) is 7.73. The standard InChI is InChI=1S/C22H29NO2/c1-7-23(8-2)21(24)25-20-14-13-17(22(4,5)6)15-19(20)18-12-10-9-11-16(18)3/h9-15H,7-8H2,1-6H3. The minimum Gasteiger partial charge on any atom is -0.410 e. The Labute approximate surface area is 151 Å². The van der Waals surface area contributed by atoms with Crippen molar-refractivity contribution in [3.63, 3.8) is 0 Å². The molecular formula is C22H29NO2. The van der Waals surface area contributed by atoms with Gasteiger partial charge in [-0.05, 0) is 55.0 Å². The van der Waals surface area contributed by atoms with Crippen LogP contribution < -0.4 is 4.74 Å². The van der Waals surface area contributed by atoms with Gasteiger partial charge in [-0.25, -0.2) is 4.79 Å². The van der Waals surface area contributed by atoms with E-state index in [0.29, 0.717) is 18.8 Å². The summed E-state index contributed by atoms with van der Waals surface area (Å²) in [6.45, 7) is 13.8. The van der Waals surface area contributed by atoms with Crippen molar-refractivity contribution < 1.29 is 9.53 Å². The van der Waals surface area contributed by atoms with Gasteiger partial charge in [-0.2, -0.15) is 0 Å². The molecule has 0 bridgehead atoms. The molecule has 0 unspecified atom stereocenters. The Hall–Kier alpha value is -2.29. The van der Waals surface area contributed by atoms with Crippen LogP contribution in [0.5, 0.6) is 5.75 Å². The maximum Gasteiger partial charge on any atom is 0.415 e. The average Bonchev–Trinajstić information content (AvgIpc) is 2.56. The summed E-state index contributed by atoms with van der Waals surface area (Å²) >= 11 is 0. The van der Waals surface area contributed by atoms with Gasteiger partial charge in [-0.15, -0.1) is 0 Å². The summed E-state index contributed by atoms with van der Waals surface area (Å²) < 4.78 is 5.75. The van der Waals surface area contributed by atoms with Crippen LogP contribution in [0.25, 0.3) is 11.1 Å². The fourth-order valence-electron chi connectivity index (χ4n) is 2.81. The minimum absolute atomic E-state index is 0.0266. The Morgan fingerprint density at radius 3 is 2.20 bits per heavy atom. The summed E-state index contributed by atoms with van der Waals surface area (Å²) in [6.07, 6.45) is -0.302. The molecule has 0 radical (unpaired) electrons. The van der Waals surface area contributed by atoms with Crippen LogP contribution in [0.3, 0.4) is 0 Å². The summed E-state index contributed by atoms with van der Waals surface area (Å²) in [6, 6.07) is 14.3. The summed E-state index contributed by atoms with van der Waals surface area (Å²) in [5, 5.41) is 0. The summed E-state index contributed by atoms with van der Waals surface area (Å²) in [7, 11) is 0. The van der Waals surface area contributed by atoms with E-state index in [0.717, 1.165) is 16.7 Å². The number of carbonyl (C=O) groups excluding carboxylic acids is 1. The van der Waals surface area contributed by atoms with Crippen molar-refractivity contribution in [2.75, 3.05) is 13.1 Å². The number of amides is 1. The highest BCUT2D eigenvalue weighted by Crippen LogP contribution is 2.36. The number of hydrogen-bond acceptors (Lipinski definition) is 2. The van der Waals surface area contributed by atoms with Crippen molar-refractivity contribution >= 4 is 6.09 Å². The molecule has 25 heavy (non-hydrogen) atoms. The summed E-state index contributed by atoms with van der Waals surface area (Å²) in [5.41, 5.74) is 4.46. The van der Waals surface area contributed by atoms with E-state index >= 15 is 0 Å². The SMILES string of the molecule is CCN(CC)C(=O)Oc1ccc(C(C)(C)C)cc1-c1ccccc1C. The topological polar surface area (TPSA) is 29.5 Å². The van der Waals surface area contributed by atoms with Gasteiger partial charge in [0.2, 0.25) is 0 Å². The molecule has 0 aliphatic carbocycles. The highest BCUT2D eigenvalue weighted by Gasteiger charge is 2.20. The predicted molar refractivity (Wildman–Crippen MR) is 104 cm³/mol. The monoisotopic (exact) mass is 339 g/mol. The van der Waals surface area contributed by atoms with Gasteiger partial charge in [-0.1, -0.05) is 51.1 Å². The minimum atomic E-state index is -0.302. The molecule has 0 spiro atoms. The van der Waals surface area contributed by atoms with E-state index in [1.807, 2.05) is 38.1 Å². The lowest BCUT2D eigenvalue weighted by atomic mass is 9.84. The molecule has 0 fully saturated rings. The first kappa shape index (κ1) is 19.0. The van der Waals surface area contributed by atoms with E-state index in [1.54, 1.807) is 4.90 Å². The molecule has 0 N–H and O–H groups in total. The molecule has 2 aromatic rings. The Morgan fingerprint density at radius 2 is 1.64 bits per heavy atom. The van der Waals surface area contributed by atoms with Gasteiger partial charge in [-0.3, -0.25) is 0 Å². The summed E-state index contributed by atoms with van der Waals surface area (Å²) in [5.74, 6) is 0.610. The highest BCUT2D eigenvalue weighted by molar-refractivity contribution is 5.79. The number of rotatable bonds is 4. The zero-order chi connectivity index (χ0) is 18.6. The fraction of sp³-hybridized carbons (Fsp3) is 0.409. The third-order valence-electron chi connectivity index (χ3n) is 4.50. The van der Waals surface area contributed by atoms with E-state index < -0.39 is 0 Å². The fourth-order valence-corrected chi connectivity index (χ4v) is 2.81. The lowest BCUT2D eigenvalue weighted by Crippen LogP contribution is -2.33. The van der Waals surface area contributed by atoms with Crippen LogP contribution in [0.15, 0.2) is 42.5 Å². The lowest BCUT2D eigenvalue weighted by Gasteiger charge is -2.23. The Kier molecular flexibility index (Phi) is 5.89. The predicted octanol–water partition coefficient (Wildman–Crippen LogP) is 5.80. The van der Waals surface area contributed by atoms with Gasteiger partial charge in [0.25, 0.3) is 0 Å². The van der Waals surface area contributed by atoms with Crippen molar-refractivity contribution in [1.29, 1.82) is 0 Å². The first-order valence-electron chi connectivity index (χ1n) is 8.95. The smallest absolute Gasteiger partial charge is 0.410 e. The van der Waals surface area contributed by atoms with Crippen LogP contribution >= 0.6 is 0 Å². The zero-order valence-electron chi connectivity index (χ0n) is 16.2. The number of carbonyl (C=O) groups is 1. The Bertz CT molecular complexity index is 740. The van der Waals surface area contributed by atoms with Crippen LogP contribution in [-0.4, -0.2) is 24.1 Å². The van der Waals surface area contributed by atoms with Gasteiger partial charge >= 0.3 is 6.09 Å². The van der Waals surface area contributed by atoms with Crippen molar-refractivity contribution in [2.45, 2.75) is 47.0 Å². The maximum absolute atomic E-state index is 12.4. The van der Waals surface area contributed by atoms with E-state index in [2.05, 4.69) is 45.9 Å². The van der Waals surface area contributed by atoms with Crippen molar-refractivity contribution in [1.82, 2.24) is 4.90 Å². The molecule has 2 aromatic carbocycles. The second-order valence-corrected chi connectivity index (χ2v) is 7.32. The molecule has 2 rings (SSSR count). The lowest BCUT2D eigenvalue weighted by molar-refractivity contribution is 0.157. The highest BCUT2D eigenvalue weighted by atomic mass is 16.6. The molecule has 1 amide bonds. The first-order valence-corrected chi connectivity index (χ1v) is 8.95. The molecule has 0 aliphatic rings. The van der Waals surface area contributed by atoms with Crippen molar-refractivity contribution in [2.24, 2.45) is 0 Å². The number of aryl methyl sites for hydroxylation is 1. The van der Waals surface area contributed by atoms with Crippen LogP contribution in [0, 0.1) is 6.92 Å². The molecule has 0 aliphatic heterocycles. The van der Waals surface area contributed by atoms with E-state index in [1.165, 1.54) is 5.56 Å². The molecule has 0 atom stereocenters. The Morgan fingerprint density at radius 1 is 1.00 bits per heavy atom. The third-order valence-corrected chi connectivity index (χ3v) is 4.50. The first-order chi connectivity index (χ1) is 11.8. The molecule has 0 saturated carbocycles. The quantitative estimate of drug-likeness (QED) is 0.704. The largest absolute Gasteiger partial charge is 0.415 e.